The molecule has 4 rings (SSSR count). The Hall–Kier alpha value is -4.82. The fourth-order valence-corrected chi connectivity index (χ4v) is 6.30. The van der Waals surface area contributed by atoms with Gasteiger partial charge in [0.05, 0.1) is 44.8 Å². The van der Waals surface area contributed by atoms with Crippen LogP contribution in [0, 0.1) is 0 Å². The number of benzene rings is 2. The minimum Gasteiger partial charge on any atom is -0.494 e. The SMILES string of the molecule is C1CCCCC1.CC.CCCC(NC(=O)C1CCCN1C(=O)CNC(=O)Cc1cccc(OCCCCO)c1)C(C)=O.O=CNCC(=O)NC(CO)c1ccccc1. The van der Waals surface area contributed by atoms with Crippen LogP contribution in [0.2, 0.25) is 0 Å². The topological polar surface area (TPSA) is 203 Å². The summed E-state index contributed by atoms with van der Waals surface area (Å²) in [6, 6.07) is 14.7. The van der Waals surface area contributed by atoms with Crippen molar-refractivity contribution >= 4 is 35.8 Å². The molecule has 0 radical (unpaired) electrons. The predicted octanol–water partition coefficient (Wildman–Crippen LogP) is 4.31. The fourth-order valence-electron chi connectivity index (χ4n) is 6.30. The lowest BCUT2D eigenvalue weighted by atomic mass is 10.0. The third-order valence-electron chi connectivity index (χ3n) is 9.35. The van der Waals surface area contributed by atoms with Crippen molar-refractivity contribution in [2.24, 2.45) is 0 Å². The zero-order chi connectivity index (χ0) is 43.0. The van der Waals surface area contributed by atoms with Gasteiger partial charge >= 0.3 is 0 Å². The van der Waals surface area contributed by atoms with Crippen molar-refractivity contribution in [1.82, 2.24) is 26.2 Å². The first kappa shape index (κ1) is 51.2. The number of ether oxygens (including phenoxy) is 1. The van der Waals surface area contributed by atoms with Crippen LogP contribution in [0.5, 0.6) is 5.75 Å². The van der Waals surface area contributed by atoms with Gasteiger partial charge in [-0.2, -0.15) is 0 Å². The molecule has 1 heterocycles. The number of rotatable bonds is 20. The zero-order valence-electron chi connectivity index (χ0n) is 35.1. The van der Waals surface area contributed by atoms with E-state index in [1.165, 1.54) is 50.3 Å². The number of nitrogens with one attached hydrogen (secondary N) is 4. The van der Waals surface area contributed by atoms with Crippen molar-refractivity contribution in [2.45, 2.75) is 129 Å². The summed E-state index contributed by atoms with van der Waals surface area (Å²) in [4.78, 5) is 72.3. The summed E-state index contributed by atoms with van der Waals surface area (Å²) in [5.41, 5.74) is 1.58. The van der Waals surface area contributed by atoms with E-state index in [0.717, 1.165) is 24.0 Å². The van der Waals surface area contributed by atoms with E-state index >= 15 is 0 Å². The van der Waals surface area contributed by atoms with E-state index in [1.807, 2.05) is 57.2 Å². The normalized spacial score (nSPS) is 15.2. The second-order valence-corrected chi connectivity index (χ2v) is 13.9. The third-order valence-corrected chi connectivity index (χ3v) is 9.35. The van der Waals surface area contributed by atoms with E-state index in [0.29, 0.717) is 51.0 Å². The van der Waals surface area contributed by atoms with Crippen LogP contribution < -0.4 is 26.0 Å². The number of hydrogen-bond donors (Lipinski definition) is 6. The van der Waals surface area contributed by atoms with Gasteiger partial charge in [0.1, 0.15) is 11.8 Å². The number of carbonyl (C=O) groups is 6. The Morgan fingerprint density at radius 1 is 0.862 bits per heavy atom. The maximum atomic E-state index is 12.7. The number of hydrogen-bond acceptors (Lipinski definition) is 9. The van der Waals surface area contributed by atoms with Gasteiger partial charge in [-0.15, -0.1) is 0 Å². The molecule has 1 saturated heterocycles. The molecule has 14 heteroatoms. The van der Waals surface area contributed by atoms with Crippen molar-refractivity contribution in [3.8, 4) is 5.75 Å². The maximum absolute atomic E-state index is 12.7. The largest absolute Gasteiger partial charge is 0.494 e. The Balaban J connectivity index is 0.000000572. The summed E-state index contributed by atoms with van der Waals surface area (Å²) in [6.45, 7) is 7.99. The van der Waals surface area contributed by atoms with E-state index < -0.39 is 18.1 Å². The first-order chi connectivity index (χ1) is 28.1. The van der Waals surface area contributed by atoms with Gasteiger partial charge in [0.25, 0.3) is 0 Å². The second kappa shape index (κ2) is 32.2. The number of ketones is 1. The molecule has 324 valence electrons. The highest BCUT2D eigenvalue weighted by Gasteiger charge is 2.35. The van der Waals surface area contributed by atoms with Gasteiger partial charge < -0.3 is 41.1 Å². The van der Waals surface area contributed by atoms with Gasteiger partial charge in [-0.05, 0) is 62.3 Å². The molecule has 1 aliphatic heterocycles. The molecule has 1 aliphatic carbocycles. The smallest absolute Gasteiger partial charge is 0.243 e. The van der Waals surface area contributed by atoms with Crippen LogP contribution in [0.15, 0.2) is 54.6 Å². The number of aliphatic hydroxyl groups excluding tert-OH is 2. The van der Waals surface area contributed by atoms with E-state index in [1.54, 1.807) is 18.2 Å². The molecule has 5 amide bonds. The molecule has 0 spiro atoms. The third kappa shape index (κ3) is 21.6. The lowest BCUT2D eigenvalue weighted by molar-refractivity contribution is -0.139. The van der Waals surface area contributed by atoms with Crippen molar-refractivity contribution < 1.29 is 43.7 Å². The van der Waals surface area contributed by atoms with E-state index in [9.17, 15) is 28.8 Å². The molecule has 2 aliphatic rings. The Morgan fingerprint density at radius 3 is 2.12 bits per heavy atom. The Bertz CT molecular complexity index is 1460. The molecular formula is C44H69N5O9. The standard InChI is InChI=1S/C25H37N3O6.C11H14N2O3.C6H12.C2H6/c1-3-8-21(18(2)30)27-25(33)22-11-7-12-28(22)24(32)17-26-23(31)16-19-9-6-10-20(15-19)34-14-5-4-13-29;14-7-10(9-4-2-1-3-5-9)13-11(16)6-12-8-15;1-2-4-6-5-3-1;1-2/h6,9-10,15,21-22,29H,3-5,7-8,11-14,16-17H2,1-2H3,(H,26,31)(H,27,33);1-5,8,10,14H,6-7H2,(H,12,15)(H,13,16);1-6H2;1-2H3. The van der Waals surface area contributed by atoms with E-state index in [4.69, 9.17) is 14.9 Å². The quantitative estimate of drug-likeness (QED) is 0.0832. The van der Waals surface area contributed by atoms with E-state index in [-0.39, 0.29) is 62.1 Å². The minimum atomic E-state index is -0.622. The van der Waals surface area contributed by atoms with Gasteiger partial charge in [0.2, 0.25) is 30.0 Å². The first-order valence-electron chi connectivity index (χ1n) is 20.9. The van der Waals surface area contributed by atoms with Crippen LogP contribution in [-0.4, -0.2) is 102 Å². The molecule has 14 nitrogen and oxygen atoms in total. The molecule has 1 saturated carbocycles. The lowest BCUT2D eigenvalue weighted by Crippen LogP contribution is -2.52. The maximum Gasteiger partial charge on any atom is 0.243 e. The van der Waals surface area contributed by atoms with Gasteiger partial charge in [0.15, 0.2) is 5.78 Å². The monoisotopic (exact) mass is 812 g/mol. The van der Waals surface area contributed by atoms with Crippen LogP contribution in [0.3, 0.4) is 0 Å². The number of aliphatic hydroxyl groups is 2. The first-order valence-corrected chi connectivity index (χ1v) is 20.9. The highest BCUT2D eigenvalue weighted by molar-refractivity contribution is 5.93. The van der Waals surface area contributed by atoms with Crippen LogP contribution in [-0.2, 0) is 35.2 Å². The van der Waals surface area contributed by atoms with E-state index in [2.05, 4.69) is 21.3 Å². The summed E-state index contributed by atoms with van der Waals surface area (Å²) < 4.78 is 5.63. The molecule has 2 aromatic rings. The number of carbonyl (C=O) groups excluding carboxylic acids is 6. The summed E-state index contributed by atoms with van der Waals surface area (Å²) >= 11 is 0. The molecule has 6 N–H and O–H groups in total. The Morgan fingerprint density at radius 2 is 1.53 bits per heavy atom. The van der Waals surface area contributed by atoms with Crippen LogP contribution >= 0.6 is 0 Å². The Labute approximate surface area is 345 Å². The number of likely N-dealkylation sites (tertiary alicyclic amines) is 1. The summed E-state index contributed by atoms with van der Waals surface area (Å²) in [7, 11) is 0. The van der Waals surface area contributed by atoms with Crippen molar-refractivity contribution in [3.05, 3.63) is 65.7 Å². The highest BCUT2D eigenvalue weighted by Crippen LogP contribution is 2.19. The average molecular weight is 812 g/mol. The summed E-state index contributed by atoms with van der Waals surface area (Å²) in [5, 5.41) is 28.2. The fraction of sp³-hybridized carbons (Fsp3) is 0.591. The number of amides is 5. The molecule has 3 unspecified atom stereocenters. The van der Waals surface area contributed by atoms with Gasteiger partial charge in [0, 0.05) is 13.2 Å². The highest BCUT2D eigenvalue weighted by atomic mass is 16.5. The summed E-state index contributed by atoms with van der Waals surface area (Å²) in [5.74, 6) is -0.723. The van der Waals surface area contributed by atoms with Gasteiger partial charge in [-0.3, -0.25) is 28.8 Å². The molecule has 0 bridgehead atoms. The number of nitrogens with zero attached hydrogens (tertiary/aromatic N) is 1. The lowest BCUT2D eigenvalue weighted by Gasteiger charge is -2.26. The molecule has 2 fully saturated rings. The molecular weight excluding hydrogens is 743 g/mol. The minimum absolute atomic E-state index is 0.0904. The number of unbranched alkanes of at least 4 members (excludes halogenated alkanes) is 1. The molecule has 0 aromatic heterocycles. The summed E-state index contributed by atoms with van der Waals surface area (Å²) in [6.07, 6.45) is 13.5. The van der Waals surface area contributed by atoms with Crippen molar-refractivity contribution in [3.63, 3.8) is 0 Å². The predicted molar refractivity (Wildman–Crippen MR) is 225 cm³/mol. The molecule has 3 atom stereocenters. The van der Waals surface area contributed by atoms with Crippen molar-refractivity contribution in [2.75, 3.05) is 39.5 Å². The van der Waals surface area contributed by atoms with Gasteiger partial charge in [-0.1, -0.05) is 108 Å². The average Bonchev–Trinajstić information content (AvgIpc) is 3.75. The zero-order valence-corrected chi connectivity index (χ0v) is 35.1. The Kier molecular flexibility index (Phi) is 28.4. The van der Waals surface area contributed by atoms with Crippen molar-refractivity contribution in [1.29, 1.82) is 0 Å². The van der Waals surface area contributed by atoms with Gasteiger partial charge in [-0.25, -0.2) is 0 Å². The van der Waals surface area contributed by atoms with Crippen LogP contribution in [0.4, 0.5) is 0 Å². The second-order valence-electron chi connectivity index (χ2n) is 13.9. The molecule has 2 aromatic carbocycles. The van der Waals surface area contributed by atoms with Crippen LogP contribution in [0.1, 0.15) is 122 Å². The molecule has 58 heavy (non-hydrogen) atoms. The number of Topliss-reactive ketones (excluding diaryl/α,β-unsaturated/α-hetero) is 1. The van der Waals surface area contributed by atoms with Crippen LogP contribution in [0.25, 0.3) is 0 Å².